The summed E-state index contributed by atoms with van der Waals surface area (Å²) in [5, 5.41) is 3.34. The minimum Gasteiger partial charge on any atom is -0.340 e. The predicted octanol–water partition coefficient (Wildman–Crippen LogP) is 2.59. The van der Waals surface area contributed by atoms with Crippen molar-refractivity contribution in [2.24, 2.45) is 0 Å². The maximum atomic E-state index is 12.5. The van der Waals surface area contributed by atoms with Crippen LogP contribution < -0.4 is 10.2 Å². The Morgan fingerprint density at radius 1 is 1.00 bits per heavy atom. The van der Waals surface area contributed by atoms with Gasteiger partial charge >= 0.3 is 0 Å². The number of anilines is 3. The van der Waals surface area contributed by atoms with Crippen molar-refractivity contribution in [3.05, 3.63) is 65.9 Å². The Bertz CT molecular complexity index is 984. The highest BCUT2D eigenvalue weighted by Gasteiger charge is 2.24. The van der Waals surface area contributed by atoms with Gasteiger partial charge in [0.1, 0.15) is 11.5 Å². The molecule has 4 rings (SSSR count). The number of nitrogens with one attached hydrogen (secondary N) is 1. The highest BCUT2D eigenvalue weighted by Crippen LogP contribution is 2.20. The van der Waals surface area contributed by atoms with Gasteiger partial charge in [-0.15, -0.1) is 0 Å². The maximum absolute atomic E-state index is 12.5. The van der Waals surface area contributed by atoms with Crippen LogP contribution in [0.15, 0.2) is 48.9 Å². The molecule has 29 heavy (non-hydrogen) atoms. The highest BCUT2D eigenvalue weighted by atomic mass is 16.2. The average molecular weight is 389 g/mol. The first-order chi connectivity index (χ1) is 14.1. The quantitative estimate of drug-likeness (QED) is 0.734. The number of amides is 1. The Morgan fingerprint density at radius 2 is 1.76 bits per heavy atom. The molecule has 3 aromatic rings. The molecule has 0 saturated carbocycles. The van der Waals surface area contributed by atoms with Gasteiger partial charge in [0, 0.05) is 56.0 Å². The maximum Gasteiger partial charge on any atom is 0.274 e. The van der Waals surface area contributed by atoms with Gasteiger partial charge in [-0.05, 0) is 26.0 Å². The van der Waals surface area contributed by atoms with Crippen molar-refractivity contribution < 1.29 is 4.79 Å². The number of carbonyl (C=O) groups excluding carboxylic acids is 1. The molecule has 2 aromatic heterocycles. The first-order valence-corrected chi connectivity index (χ1v) is 9.58. The number of aryl methyl sites for hydroxylation is 2. The van der Waals surface area contributed by atoms with Crippen molar-refractivity contribution in [1.29, 1.82) is 0 Å². The van der Waals surface area contributed by atoms with Crippen molar-refractivity contribution in [3.8, 4) is 0 Å². The summed E-state index contributed by atoms with van der Waals surface area (Å²) in [4.78, 5) is 33.8. The molecule has 3 heterocycles. The normalized spacial score (nSPS) is 14.0. The molecule has 1 aromatic carbocycles. The Labute approximate surface area is 169 Å². The molecular weight excluding hydrogens is 366 g/mol. The van der Waals surface area contributed by atoms with E-state index in [1.165, 1.54) is 18.0 Å². The largest absolute Gasteiger partial charge is 0.340 e. The standard InChI is InChI=1S/C21H23N7O/c1-15-3-5-17(6-4-15)25-19-13-16(2)24-21(26-19)28-11-9-27(10-12-28)20(29)18-14-22-7-8-23-18/h3-8,13-14H,9-12H2,1-2H3,(H,24,25,26). The van der Waals surface area contributed by atoms with Gasteiger partial charge in [0.25, 0.3) is 5.91 Å². The van der Waals surface area contributed by atoms with Crippen LogP contribution >= 0.6 is 0 Å². The van der Waals surface area contributed by atoms with Crippen LogP contribution in [0.3, 0.4) is 0 Å². The van der Waals surface area contributed by atoms with Crippen LogP contribution in [0.25, 0.3) is 0 Å². The molecule has 1 aliphatic heterocycles. The molecule has 1 fully saturated rings. The molecule has 1 aliphatic rings. The molecule has 1 saturated heterocycles. The zero-order chi connectivity index (χ0) is 20.2. The van der Waals surface area contributed by atoms with Crippen molar-refractivity contribution in [3.63, 3.8) is 0 Å². The van der Waals surface area contributed by atoms with E-state index in [9.17, 15) is 4.79 Å². The van der Waals surface area contributed by atoms with Gasteiger partial charge in [-0.2, -0.15) is 4.98 Å². The number of carbonyl (C=O) groups is 1. The summed E-state index contributed by atoms with van der Waals surface area (Å²) in [6, 6.07) is 10.1. The first-order valence-electron chi connectivity index (χ1n) is 9.58. The third-order valence-electron chi connectivity index (χ3n) is 4.80. The van der Waals surface area contributed by atoms with E-state index in [1.807, 2.05) is 25.1 Å². The Balaban J connectivity index is 1.43. The molecule has 1 N–H and O–H groups in total. The van der Waals surface area contributed by atoms with Crippen molar-refractivity contribution in [2.75, 3.05) is 36.4 Å². The smallest absolute Gasteiger partial charge is 0.274 e. The molecule has 148 valence electrons. The highest BCUT2D eigenvalue weighted by molar-refractivity contribution is 5.92. The zero-order valence-corrected chi connectivity index (χ0v) is 16.5. The number of hydrogen-bond acceptors (Lipinski definition) is 7. The summed E-state index contributed by atoms with van der Waals surface area (Å²) >= 11 is 0. The number of nitrogens with zero attached hydrogens (tertiary/aromatic N) is 6. The van der Waals surface area contributed by atoms with E-state index in [1.54, 1.807) is 11.1 Å². The Morgan fingerprint density at radius 3 is 2.45 bits per heavy atom. The van der Waals surface area contributed by atoms with Crippen LogP contribution in [0.1, 0.15) is 21.7 Å². The van der Waals surface area contributed by atoms with Gasteiger partial charge in [-0.1, -0.05) is 17.7 Å². The summed E-state index contributed by atoms with van der Waals surface area (Å²) in [5.41, 5.74) is 3.46. The predicted molar refractivity (Wildman–Crippen MR) is 111 cm³/mol. The average Bonchev–Trinajstić information content (AvgIpc) is 2.75. The fourth-order valence-electron chi connectivity index (χ4n) is 3.22. The second-order valence-electron chi connectivity index (χ2n) is 7.06. The molecule has 8 nitrogen and oxygen atoms in total. The molecule has 0 radical (unpaired) electrons. The van der Waals surface area contributed by atoms with Gasteiger partial charge in [-0.3, -0.25) is 9.78 Å². The lowest BCUT2D eigenvalue weighted by Crippen LogP contribution is -2.49. The van der Waals surface area contributed by atoms with E-state index in [2.05, 4.69) is 49.2 Å². The molecule has 0 unspecified atom stereocenters. The van der Waals surface area contributed by atoms with Crippen molar-refractivity contribution in [1.82, 2.24) is 24.8 Å². The fourth-order valence-corrected chi connectivity index (χ4v) is 3.22. The van der Waals surface area contributed by atoms with Crippen LogP contribution in [0.2, 0.25) is 0 Å². The molecule has 0 bridgehead atoms. The summed E-state index contributed by atoms with van der Waals surface area (Å²) < 4.78 is 0. The Kier molecular flexibility index (Phi) is 5.33. The van der Waals surface area contributed by atoms with E-state index >= 15 is 0 Å². The van der Waals surface area contributed by atoms with Crippen LogP contribution in [0.4, 0.5) is 17.5 Å². The SMILES string of the molecule is Cc1ccc(Nc2cc(C)nc(N3CCN(C(=O)c4cnccn4)CC3)n2)cc1. The molecule has 0 atom stereocenters. The summed E-state index contributed by atoms with van der Waals surface area (Å²) in [6.07, 6.45) is 4.60. The van der Waals surface area contributed by atoms with Crippen molar-refractivity contribution >= 4 is 23.4 Å². The second-order valence-corrected chi connectivity index (χ2v) is 7.06. The van der Waals surface area contributed by atoms with E-state index in [0.717, 1.165) is 17.2 Å². The fraction of sp³-hybridized carbons (Fsp3) is 0.286. The summed E-state index contributed by atoms with van der Waals surface area (Å²) in [5.74, 6) is 1.34. The van der Waals surface area contributed by atoms with Gasteiger partial charge in [0.15, 0.2) is 0 Å². The van der Waals surface area contributed by atoms with Crippen LogP contribution in [-0.2, 0) is 0 Å². The summed E-state index contributed by atoms with van der Waals surface area (Å²) in [6.45, 7) is 6.53. The first kappa shape index (κ1) is 18.8. The van der Waals surface area contributed by atoms with Crippen LogP contribution in [0, 0.1) is 13.8 Å². The van der Waals surface area contributed by atoms with Crippen molar-refractivity contribution in [2.45, 2.75) is 13.8 Å². The van der Waals surface area contributed by atoms with Crippen LogP contribution in [-0.4, -0.2) is 56.9 Å². The van der Waals surface area contributed by atoms with Crippen LogP contribution in [0.5, 0.6) is 0 Å². The van der Waals surface area contributed by atoms with Gasteiger partial charge < -0.3 is 15.1 Å². The number of piperazine rings is 1. The van der Waals surface area contributed by atoms with E-state index in [4.69, 9.17) is 0 Å². The number of aromatic nitrogens is 4. The monoisotopic (exact) mass is 389 g/mol. The van der Waals surface area contributed by atoms with E-state index in [0.29, 0.717) is 37.8 Å². The molecule has 8 heteroatoms. The third-order valence-corrected chi connectivity index (χ3v) is 4.80. The van der Waals surface area contributed by atoms with E-state index < -0.39 is 0 Å². The molecule has 0 spiro atoms. The number of benzene rings is 1. The van der Waals surface area contributed by atoms with E-state index in [-0.39, 0.29) is 5.91 Å². The number of rotatable bonds is 4. The third kappa shape index (κ3) is 4.48. The minimum atomic E-state index is -0.0929. The summed E-state index contributed by atoms with van der Waals surface area (Å²) in [7, 11) is 0. The zero-order valence-electron chi connectivity index (χ0n) is 16.5. The molecular formula is C21H23N7O. The topological polar surface area (TPSA) is 87.1 Å². The van der Waals surface area contributed by atoms with Gasteiger partial charge in [-0.25, -0.2) is 9.97 Å². The lowest BCUT2D eigenvalue weighted by molar-refractivity contribution is 0.0740. The minimum absolute atomic E-state index is 0.0929. The second kappa shape index (κ2) is 8.22. The van der Waals surface area contributed by atoms with Gasteiger partial charge in [0.2, 0.25) is 5.95 Å². The molecule has 1 amide bonds. The number of hydrogen-bond donors (Lipinski definition) is 1. The van der Waals surface area contributed by atoms with Gasteiger partial charge in [0.05, 0.1) is 6.20 Å². The molecule has 0 aliphatic carbocycles. The lowest BCUT2D eigenvalue weighted by atomic mass is 10.2. The lowest BCUT2D eigenvalue weighted by Gasteiger charge is -2.34. The Hall–Kier alpha value is -3.55.